The van der Waals surface area contributed by atoms with Crippen LogP contribution in [0.3, 0.4) is 0 Å². The van der Waals surface area contributed by atoms with Crippen molar-refractivity contribution in [2.24, 2.45) is 17.2 Å². The molecule has 0 aromatic carbocycles. The van der Waals surface area contributed by atoms with E-state index in [9.17, 15) is 0 Å². The van der Waals surface area contributed by atoms with Gasteiger partial charge in [0.05, 0.1) is 0 Å². The molecule has 0 aromatic rings. The minimum atomic E-state index is 0.782. The fourth-order valence-electron chi connectivity index (χ4n) is 0.951. The highest BCUT2D eigenvalue weighted by molar-refractivity contribution is 4.49. The van der Waals surface area contributed by atoms with Crippen LogP contribution in [0.25, 0.3) is 0 Å². The zero-order valence-corrected chi connectivity index (χ0v) is 10.3. The lowest BCUT2D eigenvalue weighted by Crippen LogP contribution is -2.19. The van der Waals surface area contributed by atoms with Gasteiger partial charge in [-0.2, -0.15) is 0 Å². The molecule has 0 unspecified atom stereocenters. The molecule has 7 N–H and O–H groups in total. The second-order valence-electron chi connectivity index (χ2n) is 3.53. The maximum absolute atomic E-state index is 5.32. The molecule has 0 saturated carbocycles. The van der Waals surface area contributed by atoms with Gasteiger partial charge in [-0.05, 0) is 58.4 Å². The van der Waals surface area contributed by atoms with Crippen molar-refractivity contribution >= 4 is 0 Å². The molecule has 0 atom stereocenters. The maximum Gasteiger partial charge on any atom is -0.00369 e. The third-order valence-corrected chi connectivity index (χ3v) is 1.92. The van der Waals surface area contributed by atoms with Gasteiger partial charge in [-0.25, -0.2) is 0 Å². The summed E-state index contributed by atoms with van der Waals surface area (Å²) in [5.74, 6) is 0. The van der Waals surface area contributed by atoms with Gasteiger partial charge in [0.2, 0.25) is 0 Å². The lowest BCUT2D eigenvalue weighted by Gasteiger charge is -2.01. The van der Waals surface area contributed by atoms with Crippen molar-refractivity contribution in [2.45, 2.75) is 39.0 Å². The van der Waals surface area contributed by atoms with Crippen molar-refractivity contribution in [1.29, 1.82) is 0 Å². The van der Waals surface area contributed by atoms with E-state index < -0.39 is 0 Å². The highest BCUT2D eigenvalue weighted by atomic mass is 14.8. The second kappa shape index (κ2) is 19.4. The number of hydrogen-bond donors (Lipinski definition) is 4. The monoisotopic (exact) mass is 218 g/mol. The van der Waals surface area contributed by atoms with Gasteiger partial charge in [0.15, 0.2) is 0 Å². The smallest absolute Gasteiger partial charge is 0.00369 e. The predicted octanol–water partition coefficient (Wildman–Crippen LogP) is 0.409. The number of nitrogens with one attached hydrogen (secondary N) is 1. The van der Waals surface area contributed by atoms with E-state index in [1.54, 1.807) is 0 Å². The molecular formula is C11H30N4. The summed E-state index contributed by atoms with van der Waals surface area (Å²) >= 11 is 0. The van der Waals surface area contributed by atoms with E-state index in [0.717, 1.165) is 45.6 Å². The Balaban J connectivity index is 0. The minimum absolute atomic E-state index is 0.782. The first-order chi connectivity index (χ1) is 7.33. The minimum Gasteiger partial charge on any atom is -0.330 e. The van der Waals surface area contributed by atoms with Crippen molar-refractivity contribution in [1.82, 2.24) is 5.32 Å². The van der Waals surface area contributed by atoms with Crippen LogP contribution in [-0.2, 0) is 0 Å². The number of rotatable bonds is 9. The molecule has 4 heteroatoms. The van der Waals surface area contributed by atoms with Crippen LogP contribution in [0.1, 0.15) is 39.0 Å². The highest BCUT2D eigenvalue weighted by Crippen LogP contribution is 1.81. The van der Waals surface area contributed by atoms with Gasteiger partial charge in [-0.3, -0.25) is 0 Å². The Bertz CT molecular complexity index is 78.7. The summed E-state index contributed by atoms with van der Waals surface area (Å²) in [6.45, 7) is 6.68. The van der Waals surface area contributed by atoms with E-state index in [1.165, 1.54) is 19.3 Å². The molecule has 0 aliphatic carbocycles. The van der Waals surface area contributed by atoms with E-state index in [2.05, 4.69) is 12.2 Å². The molecule has 15 heavy (non-hydrogen) atoms. The topological polar surface area (TPSA) is 90.1 Å². The van der Waals surface area contributed by atoms with Crippen LogP contribution in [0.2, 0.25) is 0 Å². The molecule has 0 aliphatic heterocycles. The van der Waals surface area contributed by atoms with Crippen LogP contribution in [0.15, 0.2) is 0 Å². The van der Waals surface area contributed by atoms with Crippen LogP contribution < -0.4 is 22.5 Å². The van der Waals surface area contributed by atoms with E-state index in [1.807, 2.05) is 0 Å². The lowest BCUT2D eigenvalue weighted by molar-refractivity contribution is 0.611. The molecule has 94 valence electrons. The zero-order valence-electron chi connectivity index (χ0n) is 10.3. The summed E-state index contributed by atoms with van der Waals surface area (Å²) in [4.78, 5) is 0. The Morgan fingerprint density at radius 1 is 0.733 bits per heavy atom. The third kappa shape index (κ3) is 24.8. The lowest BCUT2D eigenvalue weighted by atomic mass is 10.3. The quantitative estimate of drug-likeness (QED) is 0.422. The van der Waals surface area contributed by atoms with Crippen molar-refractivity contribution in [3.63, 3.8) is 0 Å². The fraction of sp³-hybridized carbons (Fsp3) is 1.00. The normalized spacial score (nSPS) is 9.60. The van der Waals surface area contributed by atoms with Crippen molar-refractivity contribution in [3.05, 3.63) is 0 Å². The summed E-state index contributed by atoms with van der Waals surface area (Å²) in [6, 6.07) is 0. The highest BCUT2D eigenvalue weighted by Gasteiger charge is 1.85. The maximum atomic E-state index is 5.32. The molecule has 0 spiro atoms. The Morgan fingerprint density at radius 3 is 1.67 bits per heavy atom. The average molecular weight is 218 g/mol. The van der Waals surface area contributed by atoms with E-state index in [0.29, 0.717) is 0 Å². The summed E-state index contributed by atoms with van der Waals surface area (Å²) in [5.41, 5.74) is 15.8. The van der Waals surface area contributed by atoms with Crippen LogP contribution in [0.5, 0.6) is 0 Å². The van der Waals surface area contributed by atoms with Crippen LogP contribution in [-0.4, -0.2) is 32.7 Å². The summed E-state index contributed by atoms with van der Waals surface area (Å²) in [5, 5.41) is 3.29. The first kappa shape index (κ1) is 17.2. The largest absolute Gasteiger partial charge is 0.330 e. The first-order valence-corrected chi connectivity index (χ1v) is 6.14. The van der Waals surface area contributed by atoms with Crippen molar-refractivity contribution < 1.29 is 0 Å². The number of nitrogens with two attached hydrogens (primary N) is 3. The number of unbranched alkanes of at least 4 members (excludes halogenated alkanes) is 2. The molecule has 0 saturated heterocycles. The van der Waals surface area contributed by atoms with Gasteiger partial charge >= 0.3 is 0 Å². The van der Waals surface area contributed by atoms with Gasteiger partial charge in [0.1, 0.15) is 0 Å². The van der Waals surface area contributed by atoms with Gasteiger partial charge < -0.3 is 22.5 Å². The van der Waals surface area contributed by atoms with Gasteiger partial charge in [-0.1, -0.05) is 13.3 Å². The second-order valence-corrected chi connectivity index (χ2v) is 3.53. The average Bonchev–Trinajstić information content (AvgIpc) is 2.25. The summed E-state index contributed by atoms with van der Waals surface area (Å²) in [7, 11) is 0. The van der Waals surface area contributed by atoms with Crippen LogP contribution in [0, 0.1) is 0 Å². The molecule has 0 heterocycles. The van der Waals surface area contributed by atoms with Crippen molar-refractivity contribution in [3.8, 4) is 0 Å². The van der Waals surface area contributed by atoms with Crippen LogP contribution in [0.4, 0.5) is 0 Å². The molecule has 0 aliphatic rings. The molecule has 0 bridgehead atoms. The van der Waals surface area contributed by atoms with E-state index in [4.69, 9.17) is 17.2 Å². The first-order valence-electron chi connectivity index (χ1n) is 6.14. The summed E-state index contributed by atoms with van der Waals surface area (Å²) < 4.78 is 0. The number of hydrogen-bond acceptors (Lipinski definition) is 4. The Morgan fingerprint density at radius 2 is 1.27 bits per heavy atom. The molecular weight excluding hydrogens is 188 g/mol. The van der Waals surface area contributed by atoms with Crippen molar-refractivity contribution in [2.75, 3.05) is 32.7 Å². The molecule has 0 amide bonds. The van der Waals surface area contributed by atoms with Gasteiger partial charge in [-0.15, -0.1) is 0 Å². The molecule has 0 radical (unpaired) electrons. The molecule has 4 nitrogen and oxygen atoms in total. The third-order valence-electron chi connectivity index (χ3n) is 1.92. The van der Waals surface area contributed by atoms with Crippen LogP contribution >= 0.6 is 0 Å². The summed E-state index contributed by atoms with van der Waals surface area (Å²) in [6.07, 6.45) is 5.76. The fourth-order valence-corrected chi connectivity index (χ4v) is 0.951. The predicted molar refractivity (Wildman–Crippen MR) is 68.8 cm³/mol. The SMILES string of the molecule is CCCCN.NCCCCNCCCN. The Kier molecular flexibility index (Phi) is 22.3. The zero-order chi connectivity index (χ0) is 11.8. The standard InChI is InChI=1S/C7H19N3.C4H11N/c8-4-1-2-6-10-7-3-5-9;1-2-3-4-5/h10H,1-9H2;2-5H2,1H3. The molecule has 0 aromatic heterocycles. The Hall–Kier alpha value is -0.160. The molecule has 0 rings (SSSR count). The molecule has 0 fully saturated rings. The Labute approximate surface area is 95.0 Å². The van der Waals surface area contributed by atoms with E-state index in [-0.39, 0.29) is 0 Å². The van der Waals surface area contributed by atoms with Gasteiger partial charge in [0.25, 0.3) is 0 Å². The van der Waals surface area contributed by atoms with Gasteiger partial charge in [0, 0.05) is 0 Å². The van der Waals surface area contributed by atoms with E-state index >= 15 is 0 Å².